The first-order valence-corrected chi connectivity index (χ1v) is 6.28. The number of H-pyrrole nitrogens is 1. The molecule has 0 radical (unpaired) electrons. The number of amides is 2. The molecule has 8 nitrogen and oxygen atoms in total. The molecule has 0 saturated carbocycles. The Balaban J connectivity index is 1.83. The van der Waals surface area contributed by atoms with Crippen molar-refractivity contribution in [1.82, 2.24) is 25.4 Å². The zero-order valence-corrected chi connectivity index (χ0v) is 10.8. The van der Waals surface area contributed by atoms with Crippen LogP contribution in [0.4, 0.5) is 5.95 Å². The Labute approximate surface area is 110 Å². The van der Waals surface area contributed by atoms with E-state index >= 15 is 0 Å². The van der Waals surface area contributed by atoms with Crippen LogP contribution in [-0.2, 0) is 4.79 Å². The van der Waals surface area contributed by atoms with Gasteiger partial charge in [-0.2, -0.15) is 4.98 Å². The van der Waals surface area contributed by atoms with Crippen molar-refractivity contribution in [1.29, 1.82) is 0 Å². The number of hydrogen-bond acceptors (Lipinski definition) is 5. The summed E-state index contributed by atoms with van der Waals surface area (Å²) in [7, 11) is 0. The van der Waals surface area contributed by atoms with Crippen molar-refractivity contribution in [2.45, 2.75) is 19.8 Å². The van der Waals surface area contributed by atoms with Gasteiger partial charge in [0.2, 0.25) is 17.7 Å². The maximum Gasteiger partial charge on any atom is 0.291 e. The lowest BCUT2D eigenvalue weighted by Crippen LogP contribution is -2.41. The van der Waals surface area contributed by atoms with Crippen LogP contribution >= 0.6 is 0 Å². The molecule has 0 bridgehead atoms. The predicted octanol–water partition coefficient (Wildman–Crippen LogP) is -0.625. The molecule has 2 rings (SSSR count). The Hall–Kier alpha value is -2.12. The minimum atomic E-state index is -0.179. The highest BCUT2D eigenvalue weighted by atomic mass is 16.2. The summed E-state index contributed by atoms with van der Waals surface area (Å²) in [5.74, 6) is 0.479. The van der Waals surface area contributed by atoms with Crippen molar-refractivity contribution in [3.8, 4) is 0 Å². The molecule has 2 amide bonds. The van der Waals surface area contributed by atoms with Crippen LogP contribution in [0, 0.1) is 5.92 Å². The molecule has 1 aromatic rings. The van der Waals surface area contributed by atoms with Crippen molar-refractivity contribution in [2.24, 2.45) is 5.92 Å². The first-order valence-electron chi connectivity index (χ1n) is 6.28. The third-order valence-electron chi connectivity index (χ3n) is 3.25. The van der Waals surface area contributed by atoms with E-state index in [0.29, 0.717) is 25.6 Å². The topological polar surface area (TPSA) is 117 Å². The fraction of sp³-hybridized carbons (Fsp3) is 0.636. The highest BCUT2D eigenvalue weighted by molar-refractivity contribution is 5.90. The van der Waals surface area contributed by atoms with Crippen LogP contribution in [-0.4, -0.2) is 51.5 Å². The normalized spacial score (nSPS) is 16.4. The van der Waals surface area contributed by atoms with Gasteiger partial charge in [0, 0.05) is 26.6 Å². The van der Waals surface area contributed by atoms with Crippen LogP contribution in [0.3, 0.4) is 0 Å². The molecular formula is C11H18N6O2. The summed E-state index contributed by atoms with van der Waals surface area (Å²) < 4.78 is 0. The summed E-state index contributed by atoms with van der Waals surface area (Å²) >= 11 is 0. The van der Waals surface area contributed by atoms with Crippen molar-refractivity contribution >= 4 is 17.8 Å². The van der Waals surface area contributed by atoms with Gasteiger partial charge in [-0.05, 0) is 18.8 Å². The average Bonchev–Trinajstić information content (AvgIpc) is 2.83. The standard InChI is InChI=1S/C11H18N6O2/c1-7(18)13-6-8-2-4-17(5-3-8)10(19)9-14-11(12)16-15-9/h8H,2-6H2,1H3,(H,13,18)(H3,12,14,15,16). The summed E-state index contributed by atoms with van der Waals surface area (Å²) in [4.78, 5) is 28.4. The molecule has 8 heteroatoms. The first-order chi connectivity index (χ1) is 9.06. The fourth-order valence-corrected chi connectivity index (χ4v) is 2.15. The quantitative estimate of drug-likeness (QED) is 0.673. The number of likely N-dealkylation sites (tertiary alicyclic amines) is 1. The van der Waals surface area contributed by atoms with Gasteiger partial charge >= 0.3 is 0 Å². The second kappa shape index (κ2) is 5.68. The second-order valence-corrected chi connectivity index (χ2v) is 4.71. The van der Waals surface area contributed by atoms with Gasteiger partial charge in [0.25, 0.3) is 5.91 Å². The summed E-state index contributed by atoms with van der Waals surface area (Å²) in [6.07, 6.45) is 1.74. The number of nitrogens with zero attached hydrogens (tertiary/aromatic N) is 3. The maximum absolute atomic E-state index is 12.1. The molecule has 4 N–H and O–H groups in total. The van der Waals surface area contributed by atoms with E-state index in [9.17, 15) is 9.59 Å². The Morgan fingerprint density at radius 2 is 2.16 bits per heavy atom. The molecule has 19 heavy (non-hydrogen) atoms. The van der Waals surface area contributed by atoms with E-state index in [0.717, 1.165) is 12.8 Å². The molecule has 104 valence electrons. The van der Waals surface area contributed by atoms with Crippen molar-refractivity contribution < 1.29 is 9.59 Å². The zero-order chi connectivity index (χ0) is 13.8. The van der Waals surface area contributed by atoms with Crippen LogP contribution in [0.5, 0.6) is 0 Å². The lowest BCUT2D eigenvalue weighted by Gasteiger charge is -2.31. The average molecular weight is 266 g/mol. The SMILES string of the molecule is CC(=O)NCC1CCN(C(=O)c2nc(N)n[nH]2)CC1. The number of piperidine rings is 1. The van der Waals surface area contributed by atoms with Gasteiger partial charge in [0.05, 0.1) is 0 Å². The largest absolute Gasteiger partial charge is 0.366 e. The van der Waals surface area contributed by atoms with Gasteiger partial charge in [0.15, 0.2) is 0 Å². The van der Waals surface area contributed by atoms with Gasteiger partial charge in [0.1, 0.15) is 0 Å². The number of nitrogens with one attached hydrogen (secondary N) is 2. The number of anilines is 1. The summed E-state index contributed by atoms with van der Waals surface area (Å²) in [6.45, 7) is 3.49. The van der Waals surface area contributed by atoms with Crippen molar-refractivity contribution in [2.75, 3.05) is 25.4 Å². The molecule has 0 aromatic carbocycles. The number of aromatic nitrogens is 3. The van der Waals surface area contributed by atoms with Gasteiger partial charge in [-0.25, -0.2) is 0 Å². The first kappa shape index (κ1) is 13.3. The Bertz CT molecular complexity index is 464. The number of hydrogen-bond donors (Lipinski definition) is 3. The summed E-state index contributed by atoms with van der Waals surface area (Å²) in [6, 6.07) is 0. The van der Waals surface area contributed by atoms with Gasteiger partial charge in [-0.3, -0.25) is 14.7 Å². The van der Waals surface area contributed by atoms with Gasteiger partial charge < -0.3 is 16.0 Å². The van der Waals surface area contributed by atoms with Crippen LogP contribution in [0.25, 0.3) is 0 Å². The summed E-state index contributed by atoms with van der Waals surface area (Å²) in [5, 5.41) is 8.97. The van der Waals surface area contributed by atoms with Crippen LogP contribution in [0.2, 0.25) is 0 Å². The highest BCUT2D eigenvalue weighted by Gasteiger charge is 2.25. The molecule has 1 saturated heterocycles. The van der Waals surface area contributed by atoms with E-state index in [2.05, 4.69) is 20.5 Å². The number of nitrogen functional groups attached to an aromatic ring is 1. The van der Waals surface area contributed by atoms with Crippen LogP contribution in [0.15, 0.2) is 0 Å². The van der Waals surface area contributed by atoms with Crippen LogP contribution in [0.1, 0.15) is 30.4 Å². The van der Waals surface area contributed by atoms with Crippen LogP contribution < -0.4 is 11.1 Å². The molecule has 2 heterocycles. The predicted molar refractivity (Wildman–Crippen MR) is 68.1 cm³/mol. The fourth-order valence-electron chi connectivity index (χ4n) is 2.15. The van der Waals surface area contributed by atoms with E-state index in [1.807, 2.05) is 0 Å². The second-order valence-electron chi connectivity index (χ2n) is 4.71. The molecule has 1 aliphatic rings. The summed E-state index contributed by atoms with van der Waals surface area (Å²) in [5.41, 5.74) is 5.37. The maximum atomic E-state index is 12.1. The Morgan fingerprint density at radius 3 is 2.68 bits per heavy atom. The monoisotopic (exact) mass is 266 g/mol. The number of nitrogens with two attached hydrogens (primary N) is 1. The smallest absolute Gasteiger partial charge is 0.291 e. The van der Waals surface area contributed by atoms with Gasteiger partial charge in [-0.1, -0.05) is 0 Å². The molecule has 1 aromatic heterocycles. The van der Waals surface area contributed by atoms with E-state index < -0.39 is 0 Å². The van der Waals surface area contributed by atoms with Gasteiger partial charge in [-0.15, -0.1) is 5.10 Å². The molecule has 1 aliphatic heterocycles. The minimum absolute atomic E-state index is 0.0179. The molecule has 0 unspecified atom stereocenters. The Morgan fingerprint density at radius 1 is 1.47 bits per heavy atom. The van der Waals surface area contributed by atoms with Crippen molar-refractivity contribution in [3.05, 3.63) is 5.82 Å². The van der Waals surface area contributed by atoms with E-state index in [1.54, 1.807) is 4.90 Å². The number of carbonyl (C=O) groups is 2. The molecule has 1 fully saturated rings. The van der Waals surface area contributed by atoms with E-state index in [-0.39, 0.29) is 23.6 Å². The Kier molecular flexibility index (Phi) is 3.98. The zero-order valence-electron chi connectivity index (χ0n) is 10.8. The van der Waals surface area contributed by atoms with Crippen molar-refractivity contribution in [3.63, 3.8) is 0 Å². The molecule has 0 spiro atoms. The minimum Gasteiger partial charge on any atom is -0.366 e. The molecular weight excluding hydrogens is 248 g/mol. The number of aromatic amines is 1. The number of carbonyl (C=O) groups excluding carboxylic acids is 2. The molecule has 0 aliphatic carbocycles. The van der Waals surface area contributed by atoms with E-state index in [1.165, 1.54) is 6.92 Å². The molecule has 0 atom stereocenters. The lowest BCUT2D eigenvalue weighted by atomic mass is 9.96. The third-order valence-corrected chi connectivity index (χ3v) is 3.25. The highest BCUT2D eigenvalue weighted by Crippen LogP contribution is 2.17. The van der Waals surface area contributed by atoms with E-state index in [4.69, 9.17) is 5.73 Å². The number of rotatable bonds is 3. The third kappa shape index (κ3) is 3.43. The lowest BCUT2D eigenvalue weighted by molar-refractivity contribution is -0.119.